The summed E-state index contributed by atoms with van der Waals surface area (Å²) in [6, 6.07) is 0.206. The Morgan fingerprint density at radius 1 is 1.50 bits per heavy atom. The van der Waals surface area contributed by atoms with Gasteiger partial charge in [-0.25, -0.2) is 0 Å². The normalized spacial score (nSPS) is 22.4. The van der Waals surface area contributed by atoms with Crippen molar-refractivity contribution in [2.75, 3.05) is 19.6 Å². The van der Waals surface area contributed by atoms with Gasteiger partial charge >= 0.3 is 5.97 Å². The minimum Gasteiger partial charge on any atom is -0.480 e. The number of piperidine rings is 1. The smallest absolute Gasteiger partial charge is 0.317 e. The first kappa shape index (κ1) is 15.0. The molecule has 5 nitrogen and oxygen atoms in total. The number of hydrogen-bond acceptors (Lipinski definition) is 3. The van der Waals surface area contributed by atoms with Crippen molar-refractivity contribution >= 4 is 11.9 Å². The van der Waals surface area contributed by atoms with E-state index in [2.05, 4.69) is 12.2 Å². The molecule has 0 aromatic heterocycles. The molecule has 0 bridgehead atoms. The molecule has 0 aromatic rings. The van der Waals surface area contributed by atoms with E-state index in [0.29, 0.717) is 6.54 Å². The highest BCUT2D eigenvalue weighted by Gasteiger charge is 2.27. The molecular formula is C13H24N2O3. The summed E-state index contributed by atoms with van der Waals surface area (Å²) >= 11 is 0. The Balaban J connectivity index is 2.40. The lowest BCUT2D eigenvalue weighted by molar-refractivity contribution is -0.140. The number of nitrogens with one attached hydrogen (secondary N) is 1. The summed E-state index contributed by atoms with van der Waals surface area (Å²) in [5, 5.41) is 11.8. The fourth-order valence-corrected chi connectivity index (χ4v) is 2.47. The number of amides is 1. The van der Waals surface area contributed by atoms with Crippen LogP contribution in [-0.4, -0.2) is 47.6 Å². The number of carbonyl (C=O) groups is 2. The molecule has 0 aliphatic carbocycles. The maximum absolute atomic E-state index is 12.0. The van der Waals surface area contributed by atoms with E-state index in [1.807, 2.05) is 11.8 Å². The van der Waals surface area contributed by atoms with Crippen molar-refractivity contribution in [3.63, 3.8) is 0 Å². The first-order valence-corrected chi connectivity index (χ1v) is 6.77. The van der Waals surface area contributed by atoms with Crippen LogP contribution in [0.1, 0.15) is 39.5 Å². The molecule has 1 rings (SSSR count). The van der Waals surface area contributed by atoms with E-state index in [4.69, 9.17) is 5.11 Å². The zero-order valence-electron chi connectivity index (χ0n) is 11.3. The lowest BCUT2D eigenvalue weighted by atomic mass is 9.96. The van der Waals surface area contributed by atoms with E-state index < -0.39 is 5.97 Å². The summed E-state index contributed by atoms with van der Waals surface area (Å²) < 4.78 is 0. The van der Waals surface area contributed by atoms with Crippen molar-refractivity contribution in [2.45, 2.75) is 45.6 Å². The van der Waals surface area contributed by atoms with Crippen LogP contribution < -0.4 is 5.32 Å². The van der Waals surface area contributed by atoms with Crippen molar-refractivity contribution in [3.05, 3.63) is 0 Å². The van der Waals surface area contributed by atoms with E-state index in [0.717, 1.165) is 32.2 Å². The lowest BCUT2D eigenvalue weighted by Gasteiger charge is -2.31. The number of likely N-dealkylation sites (tertiary alicyclic amines) is 1. The molecule has 1 aliphatic heterocycles. The predicted molar refractivity (Wildman–Crippen MR) is 69.3 cm³/mol. The molecule has 104 valence electrons. The number of aliphatic carboxylic acids is 1. The molecule has 0 spiro atoms. The second-order valence-corrected chi connectivity index (χ2v) is 5.17. The summed E-state index contributed by atoms with van der Waals surface area (Å²) in [5.74, 6) is -0.807. The zero-order valence-corrected chi connectivity index (χ0v) is 11.3. The standard InChI is InChI=1S/C13H24N2O3/c1-3-5-10(2)14-13(18)11-6-4-7-15(8-11)9-12(16)17/h10-11H,3-9H2,1-2H3,(H,14,18)(H,16,17)/t10-,11+/m0/s1. The van der Waals surface area contributed by atoms with Gasteiger partial charge in [0.15, 0.2) is 0 Å². The molecule has 2 N–H and O–H groups in total. The van der Waals surface area contributed by atoms with Gasteiger partial charge in [-0.2, -0.15) is 0 Å². The second kappa shape index (κ2) is 7.36. The van der Waals surface area contributed by atoms with Gasteiger partial charge in [0.2, 0.25) is 5.91 Å². The Bertz CT molecular complexity index is 294. The van der Waals surface area contributed by atoms with Crippen LogP contribution in [0.3, 0.4) is 0 Å². The van der Waals surface area contributed by atoms with Gasteiger partial charge in [-0.1, -0.05) is 13.3 Å². The molecule has 0 aromatic carbocycles. The monoisotopic (exact) mass is 256 g/mol. The van der Waals surface area contributed by atoms with Crippen LogP contribution in [0.4, 0.5) is 0 Å². The summed E-state index contributed by atoms with van der Waals surface area (Å²) in [4.78, 5) is 24.5. The van der Waals surface area contributed by atoms with Crippen molar-refractivity contribution in [2.24, 2.45) is 5.92 Å². The summed E-state index contributed by atoms with van der Waals surface area (Å²) in [5.41, 5.74) is 0. The van der Waals surface area contributed by atoms with Crippen LogP contribution in [0.2, 0.25) is 0 Å². The fourth-order valence-electron chi connectivity index (χ4n) is 2.47. The molecule has 0 radical (unpaired) electrons. The molecule has 1 fully saturated rings. The lowest BCUT2D eigenvalue weighted by Crippen LogP contribution is -2.46. The Morgan fingerprint density at radius 2 is 2.22 bits per heavy atom. The minimum absolute atomic E-state index is 0.0360. The number of carboxylic acids is 1. The van der Waals surface area contributed by atoms with Gasteiger partial charge in [0.1, 0.15) is 0 Å². The minimum atomic E-state index is -0.824. The quantitative estimate of drug-likeness (QED) is 0.746. The van der Waals surface area contributed by atoms with Crippen LogP contribution in [0.15, 0.2) is 0 Å². The molecule has 1 aliphatic rings. The van der Waals surface area contributed by atoms with E-state index >= 15 is 0 Å². The van der Waals surface area contributed by atoms with Crippen LogP contribution in [-0.2, 0) is 9.59 Å². The highest BCUT2D eigenvalue weighted by molar-refractivity contribution is 5.79. The van der Waals surface area contributed by atoms with Crippen molar-refractivity contribution in [1.82, 2.24) is 10.2 Å². The molecule has 0 unspecified atom stereocenters. The molecular weight excluding hydrogens is 232 g/mol. The average molecular weight is 256 g/mol. The maximum Gasteiger partial charge on any atom is 0.317 e. The van der Waals surface area contributed by atoms with E-state index in [1.165, 1.54) is 0 Å². The Labute approximate surface area is 109 Å². The van der Waals surface area contributed by atoms with E-state index in [1.54, 1.807) is 0 Å². The molecule has 1 heterocycles. The van der Waals surface area contributed by atoms with Gasteiger partial charge in [-0.05, 0) is 32.7 Å². The average Bonchev–Trinajstić information content (AvgIpc) is 2.28. The third-order valence-corrected chi connectivity index (χ3v) is 3.35. The van der Waals surface area contributed by atoms with Crippen molar-refractivity contribution in [1.29, 1.82) is 0 Å². The maximum atomic E-state index is 12.0. The summed E-state index contributed by atoms with van der Waals surface area (Å²) in [6.07, 6.45) is 3.79. The van der Waals surface area contributed by atoms with Gasteiger partial charge in [-0.15, -0.1) is 0 Å². The molecule has 18 heavy (non-hydrogen) atoms. The second-order valence-electron chi connectivity index (χ2n) is 5.17. The Kier molecular flexibility index (Phi) is 6.12. The highest BCUT2D eigenvalue weighted by atomic mass is 16.4. The van der Waals surface area contributed by atoms with Crippen molar-refractivity contribution in [3.8, 4) is 0 Å². The molecule has 1 amide bonds. The summed E-state index contributed by atoms with van der Waals surface area (Å²) in [6.45, 7) is 5.49. The third kappa shape index (κ3) is 5.04. The number of carboxylic acid groups (broad SMARTS) is 1. The molecule has 2 atom stereocenters. The van der Waals surface area contributed by atoms with E-state index in [9.17, 15) is 9.59 Å². The number of rotatable bonds is 6. The van der Waals surface area contributed by atoms with Crippen LogP contribution in [0.5, 0.6) is 0 Å². The Morgan fingerprint density at radius 3 is 2.83 bits per heavy atom. The number of carbonyl (C=O) groups excluding carboxylic acids is 1. The van der Waals surface area contributed by atoms with Gasteiger partial charge in [0, 0.05) is 12.6 Å². The zero-order chi connectivity index (χ0) is 13.5. The Hall–Kier alpha value is -1.10. The third-order valence-electron chi connectivity index (χ3n) is 3.35. The molecule has 1 saturated heterocycles. The van der Waals surface area contributed by atoms with Crippen LogP contribution in [0, 0.1) is 5.92 Å². The molecule has 5 heteroatoms. The van der Waals surface area contributed by atoms with Gasteiger partial charge in [-0.3, -0.25) is 14.5 Å². The number of hydrogen-bond donors (Lipinski definition) is 2. The van der Waals surface area contributed by atoms with Gasteiger partial charge < -0.3 is 10.4 Å². The summed E-state index contributed by atoms with van der Waals surface area (Å²) in [7, 11) is 0. The predicted octanol–water partition coefficient (Wildman–Crippen LogP) is 1.09. The largest absolute Gasteiger partial charge is 0.480 e. The molecule has 0 saturated carbocycles. The fraction of sp³-hybridized carbons (Fsp3) is 0.846. The van der Waals surface area contributed by atoms with Gasteiger partial charge in [0.25, 0.3) is 0 Å². The first-order chi connectivity index (χ1) is 8.52. The topological polar surface area (TPSA) is 69.6 Å². The number of nitrogens with zero attached hydrogens (tertiary/aromatic N) is 1. The van der Waals surface area contributed by atoms with Gasteiger partial charge in [0.05, 0.1) is 12.5 Å². The van der Waals surface area contributed by atoms with E-state index in [-0.39, 0.29) is 24.4 Å². The first-order valence-electron chi connectivity index (χ1n) is 6.77. The van der Waals surface area contributed by atoms with Crippen LogP contribution in [0.25, 0.3) is 0 Å². The van der Waals surface area contributed by atoms with Crippen molar-refractivity contribution < 1.29 is 14.7 Å². The van der Waals surface area contributed by atoms with Crippen LogP contribution >= 0.6 is 0 Å². The highest BCUT2D eigenvalue weighted by Crippen LogP contribution is 2.16. The SMILES string of the molecule is CCC[C@H](C)NC(=O)[C@@H]1CCCN(CC(=O)O)C1.